The molecule has 1 atom stereocenters. The van der Waals surface area contributed by atoms with E-state index in [1.165, 1.54) is 18.2 Å². The summed E-state index contributed by atoms with van der Waals surface area (Å²) in [6.07, 6.45) is 0. The Kier molecular flexibility index (Phi) is 7.30. The van der Waals surface area contributed by atoms with E-state index in [0.29, 0.717) is 10.0 Å². The van der Waals surface area contributed by atoms with Crippen molar-refractivity contribution in [1.29, 1.82) is 0 Å². The third-order valence-corrected chi connectivity index (χ3v) is 4.87. The summed E-state index contributed by atoms with van der Waals surface area (Å²) in [5, 5.41) is 17.4. The molecule has 1 unspecified atom stereocenters. The lowest BCUT2D eigenvalue weighted by Gasteiger charge is -2.20. The van der Waals surface area contributed by atoms with Gasteiger partial charge < -0.3 is 21.3 Å². The maximum Gasteiger partial charge on any atom is 0.253 e. The summed E-state index contributed by atoms with van der Waals surface area (Å²) < 4.78 is 0. The summed E-state index contributed by atoms with van der Waals surface area (Å²) in [6.45, 7) is -0.267. The van der Waals surface area contributed by atoms with Gasteiger partial charge in [0.05, 0.1) is 18.2 Å². The van der Waals surface area contributed by atoms with Crippen LogP contribution in [0.1, 0.15) is 27.5 Å². The van der Waals surface area contributed by atoms with E-state index in [-0.39, 0.29) is 17.8 Å². The smallest absolute Gasteiger partial charge is 0.253 e. The minimum atomic E-state index is -0.567. The molecule has 0 aliphatic carbocycles. The quantitative estimate of drug-likeness (QED) is 0.468. The Morgan fingerprint density at radius 3 is 2.17 bits per heavy atom. The Balaban J connectivity index is 1.70. The van der Waals surface area contributed by atoms with Crippen molar-refractivity contribution in [1.82, 2.24) is 10.6 Å². The van der Waals surface area contributed by atoms with Crippen molar-refractivity contribution in [2.45, 2.75) is 6.04 Å². The van der Waals surface area contributed by atoms with Crippen molar-refractivity contribution in [2.24, 2.45) is 0 Å². The number of carbonyl (C=O) groups is 2. The van der Waals surface area contributed by atoms with Crippen molar-refractivity contribution in [3.05, 3.63) is 105 Å². The molecule has 0 spiro atoms. The molecule has 0 aromatic heterocycles. The predicted molar refractivity (Wildman–Crippen MR) is 119 cm³/mol. The van der Waals surface area contributed by atoms with Crippen LogP contribution < -0.4 is 16.1 Å². The first-order chi connectivity index (χ1) is 14.5. The van der Waals surface area contributed by atoms with Gasteiger partial charge in [-0.15, -0.1) is 0 Å². The minimum absolute atomic E-state index is 0.0312. The van der Waals surface area contributed by atoms with E-state index in [4.69, 9.17) is 23.2 Å². The number of benzene rings is 3. The molecule has 0 radical (unpaired) electrons. The lowest BCUT2D eigenvalue weighted by Crippen LogP contribution is -2.39. The van der Waals surface area contributed by atoms with Crippen LogP contribution in [0, 0.1) is 5.21 Å². The van der Waals surface area contributed by atoms with E-state index >= 15 is 0 Å². The van der Waals surface area contributed by atoms with Crippen LogP contribution in [-0.4, -0.2) is 18.4 Å². The summed E-state index contributed by atoms with van der Waals surface area (Å²) in [7, 11) is 0. The number of carbonyl (C=O) groups excluding carboxylic acids is 2. The highest BCUT2D eigenvalue weighted by Crippen LogP contribution is 2.24. The standard InChI is InChI=1S/C22H18Cl2N3O3/c23-16-8-6-15(7-9-16)21(14-4-2-1-3-5-14)26-20(28)13-25-22(29)18-11-10-17(24)12-19(18)27-30/h1-12,21,27H,13H2,(H,25,29)(H,26,28)/q-1. The van der Waals surface area contributed by atoms with Gasteiger partial charge in [-0.05, 0) is 41.5 Å². The van der Waals surface area contributed by atoms with Gasteiger partial charge in [0.1, 0.15) is 0 Å². The van der Waals surface area contributed by atoms with Crippen molar-refractivity contribution in [3.63, 3.8) is 0 Å². The van der Waals surface area contributed by atoms with E-state index in [0.717, 1.165) is 11.1 Å². The van der Waals surface area contributed by atoms with Gasteiger partial charge >= 0.3 is 0 Å². The first-order valence-corrected chi connectivity index (χ1v) is 9.79. The van der Waals surface area contributed by atoms with E-state index < -0.39 is 17.9 Å². The average molecular weight is 443 g/mol. The topological polar surface area (TPSA) is 93.3 Å². The summed E-state index contributed by atoms with van der Waals surface area (Å²) in [5.74, 6) is -0.958. The maximum atomic E-state index is 12.6. The van der Waals surface area contributed by atoms with Gasteiger partial charge in [0.15, 0.2) is 0 Å². The third-order valence-electron chi connectivity index (χ3n) is 4.39. The van der Waals surface area contributed by atoms with E-state index in [1.54, 1.807) is 17.6 Å². The van der Waals surface area contributed by atoms with Gasteiger partial charge in [0.25, 0.3) is 5.91 Å². The number of hydrogen-bond donors (Lipinski definition) is 3. The van der Waals surface area contributed by atoms with Crippen LogP contribution in [0.15, 0.2) is 72.8 Å². The zero-order valence-corrected chi connectivity index (χ0v) is 17.2. The molecule has 6 nitrogen and oxygen atoms in total. The van der Waals surface area contributed by atoms with Crippen molar-refractivity contribution in [2.75, 3.05) is 12.0 Å². The van der Waals surface area contributed by atoms with Gasteiger partial charge in [0.2, 0.25) is 5.91 Å². The van der Waals surface area contributed by atoms with Crippen LogP contribution in [0.25, 0.3) is 0 Å². The number of anilines is 1. The van der Waals surface area contributed by atoms with E-state index in [9.17, 15) is 14.8 Å². The van der Waals surface area contributed by atoms with Crippen molar-refractivity contribution >= 4 is 40.7 Å². The molecule has 3 aromatic carbocycles. The molecule has 3 aromatic rings. The highest BCUT2D eigenvalue weighted by atomic mass is 35.5. The van der Waals surface area contributed by atoms with E-state index in [2.05, 4.69) is 10.6 Å². The molecule has 0 heterocycles. The van der Waals surface area contributed by atoms with Gasteiger partial charge in [-0.2, -0.15) is 0 Å². The second kappa shape index (κ2) is 10.1. The first-order valence-electron chi connectivity index (χ1n) is 9.03. The van der Waals surface area contributed by atoms with Gasteiger partial charge in [-0.25, -0.2) is 0 Å². The summed E-state index contributed by atoms with van der Waals surface area (Å²) in [6, 6.07) is 20.4. The predicted octanol–water partition coefficient (Wildman–Crippen LogP) is 4.54. The van der Waals surface area contributed by atoms with Crippen molar-refractivity contribution < 1.29 is 9.59 Å². The summed E-state index contributed by atoms with van der Waals surface area (Å²) >= 11 is 11.8. The molecule has 154 valence electrons. The SMILES string of the molecule is O=C(CNC(=O)c1ccc(Cl)cc1N[O-])NC(c1ccccc1)c1ccc(Cl)cc1. The fourth-order valence-corrected chi connectivity index (χ4v) is 3.22. The monoisotopic (exact) mass is 442 g/mol. The van der Waals surface area contributed by atoms with Crippen molar-refractivity contribution in [3.8, 4) is 0 Å². The average Bonchev–Trinajstić information content (AvgIpc) is 2.77. The van der Waals surface area contributed by atoms with Crippen LogP contribution in [0.5, 0.6) is 0 Å². The lowest BCUT2D eigenvalue weighted by molar-refractivity contribution is -0.120. The molecular formula is C22H18Cl2N3O3-. The minimum Gasteiger partial charge on any atom is -0.761 e. The zero-order chi connectivity index (χ0) is 21.5. The number of halogens is 2. The lowest BCUT2D eigenvalue weighted by atomic mass is 9.98. The van der Waals surface area contributed by atoms with Crippen LogP contribution in [0.4, 0.5) is 5.69 Å². The molecule has 3 rings (SSSR count). The summed E-state index contributed by atoms with van der Waals surface area (Å²) in [4.78, 5) is 24.9. The molecule has 30 heavy (non-hydrogen) atoms. The Hall–Kier alpha value is -3.06. The Bertz CT molecular complexity index is 1030. The molecule has 0 saturated carbocycles. The fourth-order valence-electron chi connectivity index (χ4n) is 2.93. The Morgan fingerprint density at radius 2 is 1.50 bits per heavy atom. The highest BCUT2D eigenvalue weighted by Gasteiger charge is 2.18. The molecule has 0 aliphatic rings. The van der Waals surface area contributed by atoms with Crippen LogP contribution in [0.2, 0.25) is 10.0 Å². The largest absolute Gasteiger partial charge is 0.761 e. The van der Waals surface area contributed by atoms with Crippen LogP contribution in [-0.2, 0) is 4.79 Å². The number of amides is 2. The fraction of sp³-hybridized carbons (Fsp3) is 0.0909. The Morgan fingerprint density at radius 1 is 0.867 bits per heavy atom. The third kappa shape index (κ3) is 5.51. The maximum absolute atomic E-state index is 12.6. The number of rotatable bonds is 7. The molecule has 2 amide bonds. The van der Waals surface area contributed by atoms with Gasteiger partial charge in [-0.3, -0.25) is 9.59 Å². The second-order valence-electron chi connectivity index (χ2n) is 6.44. The highest BCUT2D eigenvalue weighted by molar-refractivity contribution is 6.31. The van der Waals surface area contributed by atoms with Crippen LogP contribution in [0.3, 0.4) is 0 Å². The molecule has 8 heteroatoms. The second-order valence-corrected chi connectivity index (χ2v) is 7.31. The zero-order valence-electron chi connectivity index (χ0n) is 15.7. The van der Waals surface area contributed by atoms with Gasteiger partial charge in [-0.1, -0.05) is 65.7 Å². The summed E-state index contributed by atoms with van der Waals surface area (Å²) in [5.41, 5.74) is 3.54. The normalized spacial score (nSPS) is 11.4. The van der Waals surface area contributed by atoms with Gasteiger partial charge in [0, 0.05) is 15.7 Å². The molecule has 0 bridgehead atoms. The molecule has 0 fully saturated rings. The number of hydrogen-bond acceptors (Lipinski definition) is 4. The molecule has 0 saturated heterocycles. The van der Waals surface area contributed by atoms with Crippen LogP contribution >= 0.6 is 23.2 Å². The molecule has 0 aliphatic heterocycles. The number of nitrogens with one attached hydrogen (secondary N) is 3. The first kappa shape index (κ1) is 21.6. The molecular weight excluding hydrogens is 425 g/mol. The molecule has 3 N–H and O–H groups in total. The Labute approximate surface area is 183 Å². The van der Waals surface area contributed by atoms with E-state index in [1.807, 2.05) is 42.5 Å².